The van der Waals surface area contributed by atoms with Crippen LogP contribution < -0.4 is 5.32 Å². The minimum Gasteiger partial charge on any atom is -0.478 e. The van der Waals surface area contributed by atoms with Gasteiger partial charge in [-0.3, -0.25) is 4.79 Å². The van der Waals surface area contributed by atoms with Gasteiger partial charge in [0, 0.05) is 11.3 Å². The molecule has 1 aliphatic rings. The van der Waals surface area contributed by atoms with Gasteiger partial charge in [-0.2, -0.15) is 0 Å². The van der Waals surface area contributed by atoms with E-state index in [1.807, 2.05) is 13.8 Å². The molecule has 2 rings (SSSR count). The van der Waals surface area contributed by atoms with Crippen LogP contribution in [0.3, 0.4) is 0 Å². The second-order valence-corrected chi connectivity index (χ2v) is 6.12. The normalized spacial score (nSPS) is 13.7. The van der Waals surface area contributed by atoms with Crippen molar-refractivity contribution >= 4 is 28.2 Å². The molecule has 2 N–H and O–H groups in total. The third kappa shape index (κ3) is 2.56. The Kier molecular flexibility index (Phi) is 3.71. The molecule has 0 spiro atoms. The number of hydrogen-bond acceptors (Lipinski definition) is 3. The highest BCUT2D eigenvalue weighted by atomic mass is 32.1. The van der Waals surface area contributed by atoms with Gasteiger partial charge in [0.25, 0.3) is 0 Å². The maximum Gasteiger partial charge on any atom is 0.339 e. The number of thiophene rings is 1. The Morgan fingerprint density at radius 1 is 1.39 bits per heavy atom. The van der Waals surface area contributed by atoms with E-state index in [1.165, 1.54) is 11.3 Å². The Morgan fingerprint density at radius 2 is 2.11 bits per heavy atom. The summed E-state index contributed by atoms with van der Waals surface area (Å²) < 4.78 is 0. The van der Waals surface area contributed by atoms with E-state index in [0.29, 0.717) is 17.0 Å². The van der Waals surface area contributed by atoms with Crippen LogP contribution in [0, 0.1) is 5.92 Å². The molecule has 5 heteroatoms. The summed E-state index contributed by atoms with van der Waals surface area (Å²) in [6.07, 6.45) is 3.18. The summed E-state index contributed by atoms with van der Waals surface area (Å²) in [7, 11) is 0. The second kappa shape index (κ2) is 5.10. The Hall–Kier alpha value is -1.36. The molecule has 1 aliphatic carbocycles. The third-order valence-corrected chi connectivity index (χ3v) is 4.19. The Balaban J connectivity index is 2.23. The first-order valence-corrected chi connectivity index (χ1v) is 6.98. The number of rotatable bonds is 4. The molecule has 1 amide bonds. The van der Waals surface area contributed by atoms with E-state index >= 15 is 0 Å². The molecule has 1 aromatic heterocycles. The van der Waals surface area contributed by atoms with Gasteiger partial charge in [0.05, 0.1) is 5.56 Å². The Morgan fingerprint density at radius 3 is 2.72 bits per heavy atom. The molecule has 0 atom stereocenters. The first-order chi connectivity index (χ1) is 8.49. The molecule has 0 unspecified atom stereocenters. The molecular weight excluding hydrogens is 250 g/mol. The average Bonchev–Trinajstić information content (AvgIpc) is 2.74. The molecular formula is C13H17NO3S. The van der Waals surface area contributed by atoms with Gasteiger partial charge < -0.3 is 10.4 Å². The highest BCUT2D eigenvalue weighted by Gasteiger charge is 2.27. The fourth-order valence-electron chi connectivity index (χ4n) is 2.27. The van der Waals surface area contributed by atoms with Crippen LogP contribution in [0.1, 0.15) is 47.5 Å². The van der Waals surface area contributed by atoms with Crippen LogP contribution in [0.25, 0.3) is 0 Å². The molecule has 0 fully saturated rings. The summed E-state index contributed by atoms with van der Waals surface area (Å²) >= 11 is 1.42. The van der Waals surface area contributed by atoms with Gasteiger partial charge in [-0.05, 0) is 30.7 Å². The van der Waals surface area contributed by atoms with Crippen LogP contribution in [0.2, 0.25) is 0 Å². The minimum atomic E-state index is -0.936. The van der Waals surface area contributed by atoms with E-state index in [9.17, 15) is 14.7 Å². The molecule has 0 bridgehead atoms. The summed E-state index contributed by atoms with van der Waals surface area (Å²) in [6.45, 7) is 3.93. The van der Waals surface area contributed by atoms with Crippen LogP contribution >= 0.6 is 11.3 Å². The van der Waals surface area contributed by atoms with Crippen LogP contribution in [0.4, 0.5) is 5.00 Å². The molecule has 0 aliphatic heterocycles. The van der Waals surface area contributed by atoms with E-state index in [-0.39, 0.29) is 11.8 Å². The smallest absolute Gasteiger partial charge is 0.339 e. The van der Waals surface area contributed by atoms with E-state index in [1.54, 1.807) is 0 Å². The molecule has 98 valence electrons. The van der Waals surface area contributed by atoms with E-state index in [0.717, 1.165) is 29.7 Å². The number of aromatic carboxylic acids is 1. The Bertz CT molecular complexity index is 491. The number of hydrogen-bond donors (Lipinski definition) is 2. The summed E-state index contributed by atoms with van der Waals surface area (Å²) in [4.78, 5) is 24.1. The summed E-state index contributed by atoms with van der Waals surface area (Å²) in [6, 6.07) is 0. The molecule has 1 heterocycles. The maximum absolute atomic E-state index is 11.7. The zero-order valence-corrected chi connectivity index (χ0v) is 11.4. The van der Waals surface area contributed by atoms with Gasteiger partial charge in [0.15, 0.2) is 0 Å². The molecule has 18 heavy (non-hydrogen) atoms. The Labute approximate surface area is 110 Å². The molecule has 0 aromatic carbocycles. The first kappa shape index (κ1) is 13.1. The van der Waals surface area contributed by atoms with Crippen LogP contribution in [-0.2, 0) is 17.6 Å². The first-order valence-electron chi connectivity index (χ1n) is 6.16. The van der Waals surface area contributed by atoms with Gasteiger partial charge in [-0.15, -0.1) is 11.3 Å². The van der Waals surface area contributed by atoms with Gasteiger partial charge in [0.2, 0.25) is 5.91 Å². The van der Waals surface area contributed by atoms with Crippen molar-refractivity contribution in [1.82, 2.24) is 0 Å². The summed E-state index contributed by atoms with van der Waals surface area (Å²) in [5.41, 5.74) is 1.23. The highest BCUT2D eigenvalue weighted by Crippen LogP contribution is 2.39. The molecule has 4 nitrogen and oxygen atoms in total. The number of fused-ring (bicyclic) bond motifs is 1. The van der Waals surface area contributed by atoms with Crippen molar-refractivity contribution in [3.63, 3.8) is 0 Å². The van der Waals surface area contributed by atoms with Crippen molar-refractivity contribution in [1.29, 1.82) is 0 Å². The standard InChI is InChI=1S/C13H17NO3S/c1-7(2)6-10(15)14-12-11(13(16)17)8-4-3-5-9(8)18-12/h7H,3-6H2,1-2H3,(H,14,15)(H,16,17). The van der Waals surface area contributed by atoms with Gasteiger partial charge >= 0.3 is 5.97 Å². The fourth-order valence-corrected chi connectivity index (χ4v) is 3.56. The second-order valence-electron chi connectivity index (χ2n) is 5.01. The van der Waals surface area contributed by atoms with Gasteiger partial charge in [0.1, 0.15) is 5.00 Å². The number of amides is 1. The van der Waals surface area contributed by atoms with Crippen molar-refractivity contribution in [3.05, 3.63) is 16.0 Å². The van der Waals surface area contributed by atoms with Gasteiger partial charge in [-0.1, -0.05) is 13.8 Å². The number of carboxylic acids is 1. The zero-order chi connectivity index (χ0) is 13.3. The van der Waals surface area contributed by atoms with Gasteiger partial charge in [-0.25, -0.2) is 4.79 Å². The van der Waals surface area contributed by atoms with Crippen molar-refractivity contribution in [2.24, 2.45) is 5.92 Å². The average molecular weight is 267 g/mol. The lowest BCUT2D eigenvalue weighted by Crippen LogP contribution is -2.15. The van der Waals surface area contributed by atoms with Crippen molar-refractivity contribution in [2.45, 2.75) is 39.5 Å². The highest BCUT2D eigenvalue weighted by molar-refractivity contribution is 7.17. The predicted octanol–water partition coefficient (Wildman–Crippen LogP) is 2.92. The number of carbonyl (C=O) groups is 2. The number of carboxylic acid groups (broad SMARTS) is 1. The molecule has 0 radical (unpaired) electrons. The topological polar surface area (TPSA) is 66.4 Å². The monoisotopic (exact) mass is 267 g/mol. The maximum atomic E-state index is 11.7. The van der Waals surface area contributed by atoms with Crippen molar-refractivity contribution in [3.8, 4) is 0 Å². The minimum absolute atomic E-state index is 0.104. The van der Waals surface area contributed by atoms with Crippen molar-refractivity contribution in [2.75, 3.05) is 5.32 Å². The van der Waals surface area contributed by atoms with Crippen LogP contribution in [0.15, 0.2) is 0 Å². The molecule has 1 aromatic rings. The lowest BCUT2D eigenvalue weighted by molar-refractivity contribution is -0.116. The van der Waals surface area contributed by atoms with Crippen LogP contribution in [0.5, 0.6) is 0 Å². The SMILES string of the molecule is CC(C)CC(=O)Nc1sc2c(c1C(=O)O)CCC2. The number of anilines is 1. The lowest BCUT2D eigenvalue weighted by atomic mass is 10.1. The van der Waals surface area contributed by atoms with Crippen molar-refractivity contribution < 1.29 is 14.7 Å². The number of nitrogens with one attached hydrogen (secondary N) is 1. The molecule has 0 saturated heterocycles. The number of carbonyl (C=O) groups excluding carboxylic acids is 1. The molecule has 0 saturated carbocycles. The summed E-state index contributed by atoms with van der Waals surface area (Å²) in [5.74, 6) is -0.772. The van der Waals surface area contributed by atoms with E-state index in [4.69, 9.17) is 0 Å². The number of aryl methyl sites for hydroxylation is 1. The lowest BCUT2D eigenvalue weighted by Gasteiger charge is -2.07. The van der Waals surface area contributed by atoms with E-state index in [2.05, 4.69) is 5.32 Å². The quantitative estimate of drug-likeness (QED) is 0.881. The summed E-state index contributed by atoms with van der Waals surface area (Å²) in [5, 5.41) is 12.5. The fraction of sp³-hybridized carbons (Fsp3) is 0.538. The van der Waals surface area contributed by atoms with E-state index < -0.39 is 5.97 Å². The van der Waals surface area contributed by atoms with Crippen LogP contribution in [-0.4, -0.2) is 17.0 Å². The predicted molar refractivity (Wildman–Crippen MR) is 71.4 cm³/mol. The zero-order valence-electron chi connectivity index (χ0n) is 10.6. The largest absolute Gasteiger partial charge is 0.478 e. The third-order valence-electron chi connectivity index (χ3n) is 2.98.